The SMILES string of the molecule is O=[N+]([O-])c1ccc(F)cc1CN1CCCC1CO. The largest absolute Gasteiger partial charge is 0.395 e. The van der Waals surface area contributed by atoms with Crippen LogP contribution in [0.5, 0.6) is 0 Å². The molecule has 0 aliphatic carbocycles. The van der Waals surface area contributed by atoms with Gasteiger partial charge in [0.1, 0.15) is 5.82 Å². The third kappa shape index (κ3) is 2.65. The predicted molar refractivity (Wildman–Crippen MR) is 63.6 cm³/mol. The number of nitro benzene ring substituents is 1. The van der Waals surface area contributed by atoms with Crippen molar-refractivity contribution in [3.8, 4) is 0 Å². The maximum absolute atomic E-state index is 13.2. The monoisotopic (exact) mass is 254 g/mol. The molecule has 98 valence electrons. The number of benzene rings is 1. The first kappa shape index (κ1) is 12.9. The quantitative estimate of drug-likeness (QED) is 0.656. The summed E-state index contributed by atoms with van der Waals surface area (Å²) in [7, 11) is 0. The molecule has 0 saturated carbocycles. The minimum atomic E-state index is -0.501. The number of rotatable bonds is 4. The number of aliphatic hydroxyl groups is 1. The average Bonchev–Trinajstić information content (AvgIpc) is 2.76. The zero-order chi connectivity index (χ0) is 13.1. The normalized spacial score (nSPS) is 20.2. The lowest BCUT2D eigenvalue weighted by Crippen LogP contribution is -2.31. The summed E-state index contributed by atoms with van der Waals surface area (Å²) in [6.45, 7) is 1.11. The molecule has 0 spiro atoms. The van der Waals surface area contributed by atoms with Crippen LogP contribution in [0.15, 0.2) is 18.2 Å². The van der Waals surface area contributed by atoms with E-state index in [1.165, 1.54) is 12.1 Å². The second-order valence-electron chi connectivity index (χ2n) is 4.48. The molecule has 5 nitrogen and oxygen atoms in total. The van der Waals surface area contributed by atoms with Crippen molar-refractivity contribution in [2.75, 3.05) is 13.2 Å². The lowest BCUT2D eigenvalue weighted by Gasteiger charge is -2.22. The lowest BCUT2D eigenvalue weighted by molar-refractivity contribution is -0.385. The van der Waals surface area contributed by atoms with Crippen LogP contribution in [0.1, 0.15) is 18.4 Å². The van der Waals surface area contributed by atoms with Gasteiger partial charge < -0.3 is 5.11 Å². The summed E-state index contributed by atoms with van der Waals surface area (Å²) in [4.78, 5) is 12.3. The molecule has 0 bridgehead atoms. The Kier molecular flexibility index (Phi) is 3.88. The van der Waals surface area contributed by atoms with Crippen LogP contribution in [0.3, 0.4) is 0 Å². The Morgan fingerprint density at radius 3 is 3.00 bits per heavy atom. The molecule has 1 heterocycles. The highest BCUT2D eigenvalue weighted by Gasteiger charge is 2.26. The van der Waals surface area contributed by atoms with E-state index < -0.39 is 10.7 Å². The molecule has 1 atom stereocenters. The van der Waals surface area contributed by atoms with Crippen LogP contribution < -0.4 is 0 Å². The van der Waals surface area contributed by atoms with Gasteiger partial charge in [-0.05, 0) is 31.5 Å². The second kappa shape index (κ2) is 5.41. The number of aliphatic hydroxyl groups excluding tert-OH is 1. The Morgan fingerprint density at radius 2 is 2.33 bits per heavy atom. The van der Waals surface area contributed by atoms with Gasteiger partial charge in [0.2, 0.25) is 0 Å². The summed E-state index contributed by atoms with van der Waals surface area (Å²) < 4.78 is 13.2. The fraction of sp³-hybridized carbons (Fsp3) is 0.500. The van der Waals surface area contributed by atoms with E-state index in [4.69, 9.17) is 0 Å². The van der Waals surface area contributed by atoms with Crippen molar-refractivity contribution >= 4 is 5.69 Å². The van der Waals surface area contributed by atoms with Crippen molar-refractivity contribution in [1.29, 1.82) is 0 Å². The molecule has 0 aromatic heterocycles. The molecule has 1 aromatic rings. The number of hydrogen-bond acceptors (Lipinski definition) is 4. The van der Waals surface area contributed by atoms with E-state index >= 15 is 0 Å². The van der Waals surface area contributed by atoms with Crippen LogP contribution >= 0.6 is 0 Å². The zero-order valence-electron chi connectivity index (χ0n) is 9.88. The number of halogens is 1. The average molecular weight is 254 g/mol. The van der Waals surface area contributed by atoms with Gasteiger partial charge in [0, 0.05) is 24.2 Å². The van der Waals surface area contributed by atoms with E-state index in [0.717, 1.165) is 25.5 Å². The van der Waals surface area contributed by atoms with Crippen molar-refractivity contribution in [2.45, 2.75) is 25.4 Å². The summed E-state index contributed by atoms with van der Waals surface area (Å²) in [5.74, 6) is -0.477. The Hall–Kier alpha value is -1.53. The smallest absolute Gasteiger partial charge is 0.274 e. The molecular formula is C12H15FN2O3. The van der Waals surface area contributed by atoms with Crippen LogP contribution in [0.25, 0.3) is 0 Å². The fourth-order valence-electron chi connectivity index (χ4n) is 2.39. The van der Waals surface area contributed by atoms with Crippen molar-refractivity contribution in [3.63, 3.8) is 0 Å². The third-order valence-electron chi connectivity index (χ3n) is 3.32. The van der Waals surface area contributed by atoms with Gasteiger partial charge in [-0.3, -0.25) is 15.0 Å². The molecule has 1 N–H and O–H groups in total. The molecule has 0 amide bonds. The van der Waals surface area contributed by atoms with Crippen LogP contribution in [0.2, 0.25) is 0 Å². The van der Waals surface area contributed by atoms with E-state index in [1.807, 2.05) is 4.90 Å². The highest BCUT2D eigenvalue weighted by Crippen LogP contribution is 2.25. The maximum Gasteiger partial charge on any atom is 0.274 e. The Labute approximate surface area is 104 Å². The summed E-state index contributed by atoms with van der Waals surface area (Å²) >= 11 is 0. The first-order valence-corrected chi connectivity index (χ1v) is 5.89. The summed E-state index contributed by atoms with van der Waals surface area (Å²) in [6.07, 6.45) is 1.83. The van der Waals surface area contributed by atoms with E-state index in [1.54, 1.807) is 0 Å². The van der Waals surface area contributed by atoms with Gasteiger partial charge in [-0.15, -0.1) is 0 Å². The van der Waals surface area contributed by atoms with Crippen LogP contribution in [0.4, 0.5) is 10.1 Å². The number of nitrogens with zero attached hydrogens (tertiary/aromatic N) is 2. The van der Waals surface area contributed by atoms with Crippen molar-refractivity contribution in [3.05, 3.63) is 39.7 Å². The molecule has 1 fully saturated rings. The van der Waals surface area contributed by atoms with Gasteiger partial charge in [0.25, 0.3) is 5.69 Å². The van der Waals surface area contributed by atoms with Crippen molar-refractivity contribution < 1.29 is 14.4 Å². The van der Waals surface area contributed by atoms with E-state index in [-0.39, 0.29) is 18.3 Å². The lowest BCUT2D eigenvalue weighted by atomic mass is 10.1. The Bertz CT molecular complexity index is 453. The molecular weight excluding hydrogens is 239 g/mol. The predicted octanol–water partition coefficient (Wildman–Crippen LogP) is 1.69. The highest BCUT2D eigenvalue weighted by atomic mass is 19.1. The minimum Gasteiger partial charge on any atom is -0.395 e. The van der Waals surface area contributed by atoms with E-state index in [9.17, 15) is 19.6 Å². The first-order chi connectivity index (χ1) is 8.61. The summed E-state index contributed by atoms with van der Waals surface area (Å²) in [5.41, 5.74) is 0.292. The number of nitro groups is 1. The van der Waals surface area contributed by atoms with Gasteiger partial charge in [-0.25, -0.2) is 4.39 Å². The molecule has 0 radical (unpaired) electrons. The van der Waals surface area contributed by atoms with Crippen LogP contribution in [-0.2, 0) is 6.54 Å². The Balaban J connectivity index is 2.22. The van der Waals surface area contributed by atoms with Crippen molar-refractivity contribution in [2.24, 2.45) is 0 Å². The zero-order valence-corrected chi connectivity index (χ0v) is 9.88. The molecule has 18 heavy (non-hydrogen) atoms. The molecule has 1 aliphatic rings. The van der Waals surface area contributed by atoms with Gasteiger partial charge >= 0.3 is 0 Å². The molecule has 2 rings (SSSR count). The standard InChI is InChI=1S/C12H15FN2O3/c13-10-3-4-12(15(17)18)9(6-10)7-14-5-1-2-11(14)8-16/h3-4,6,11,16H,1-2,5,7-8H2. The van der Waals surface area contributed by atoms with Crippen molar-refractivity contribution in [1.82, 2.24) is 4.90 Å². The van der Waals surface area contributed by atoms with E-state index in [0.29, 0.717) is 12.1 Å². The van der Waals surface area contributed by atoms with Crippen LogP contribution in [0, 0.1) is 15.9 Å². The van der Waals surface area contributed by atoms with Gasteiger partial charge in [0.05, 0.1) is 11.5 Å². The molecule has 1 unspecified atom stereocenters. The molecule has 6 heteroatoms. The Morgan fingerprint density at radius 1 is 1.56 bits per heavy atom. The molecule has 1 saturated heterocycles. The van der Waals surface area contributed by atoms with E-state index in [2.05, 4.69) is 0 Å². The summed E-state index contributed by atoms with van der Waals surface area (Å²) in [5, 5.41) is 20.1. The van der Waals surface area contributed by atoms with Crippen LogP contribution in [-0.4, -0.2) is 34.1 Å². The summed E-state index contributed by atoms with van der Waals surface area (Å²) in [6, 6.07) is 3.50. The first-order valence-electron chi connectivity index (χ1n) is 5.89. The molecule has 1 aliphatic heterocycles. The minimum absolute atomic E-state index is 0.0212. The third-order valence-corrected chi connectivity index (χ3v) is 3.32. The van der Waals surface area contributed by atoms with Gasteiger partial charge in [0.15, 0.2) is 0 Å². The maximum atomic E-state index is 13.2. The number of hydrogen-bond donors (Lipinski definition) is 1. The molecule has 1 aromatic carbocycles. The fourth-order valence-corrected chi connectivity index (χ4v) is 2.39. The second-order valence-corrected chi connectivity index (χ2v) is 4.48. The van der Waals surface area contributed by atoms with Gasteiger partial charge in [-0.1, -0.05) is 0 Å². The topological polar surface area (TPSA) is 66.6 Å². The van der Waals surface area contributed by atoms with Gasteiger partial charge in [-0.2, -0.15) is 0 Å². The number of likely N-dealkylation sites (tertiary alicyclic amines) is 1. The highest BCUT2D eigenvalue weighted by molar-refractivity contribution is 5.40.